The van der Waals surface area contributed by atoms with Gasteiger partial charge >= 0.3 is 0 Å². The second kappa shape index (κ2) is 5.95. The van der Waals surface area contributed by atoms with Gasteiger partial charge in [0.05, 0.1) is 6.57 Å². The van der Waals surface area contributed by atoms with Crippen LogP contribution in [-0.4, -0.2) is 24.6 Å². The Kier molecular flexibility index (Phi) is 4.45. The van der Waals surface area contributed by atoms with E-state index in [1.165, 1.54) is 0 Å². The van der Waals surface area contributed by atoms with E-state index in [0.717, 1.165) is 25.5 Å². The van der Waals surface area contributed by atoms with Crippen molar-refractivity contribution in [1.82, 2.24) is 10.3 Å². The smallest absolute Gasteiger partial charge is 0.205 e. The summed E-state index contributed by atoms with van der Waals surface area (Å²) in [6, 6.07) is 3.58. The minimum atomic E-state index is 0.572. The molecule has 0 saturated heterocycles. The first kappa shape index (κ1) is 10.5. The van der Waals surface area contributed by atoms with Crippen LogP contribution in [0.2, 0.25) is 0 Å². The maximum Gasteiger partial charge on any atom is 0.205 e. The molecule has 1 aromatic rings. The highest BCUT2D eigenvalue weighted by atomic mass is 15.0. The van der Waals surface area contributed by atoms with E-state index in [9.17, 15) is 0 Å². The van der Waals surface area contributed by atoms with Crippen LogP contribution in [-0.2, 0) is 0 Å². The standard InChI is InChI=1S/C10H14N4/c1-3-12-6-7-13-10-5-4-9(11-2)8-14-10/h4-5,8,12H,3,6-7H2,1H3,(H,13,14). The van der Waals surface area contributed by atoms with Crippen molar-refractivity contribution in [1.29, 1.82) is 0 Å². The number of anilines is 1. The second-order valence-corrected chi connectivity index (χ2v) is 2.79. The van der Waals surface area contributed by atoms with Crippen LogP contribution in [0.4, 0.5) is 11.5 Å². The number of pyridine rings is 1. The summed E-state index contributed by atoms with van der Waals surface area (Å²) >= 11 is 0. The van der Waals surface area contributed by atoms with Gasteiger partial charge in [-0.15, -0.1) is 0 Å². The van der Waals surface area contributed by atoms with Gasteiger partial charge in [0.1, 0.15) is 5.82 Å². The fraction of sp³-hybridized carbons (Fsp3) is 0.400. The van der Waals surface area contributed by atoms with Crippen molar-refractivity contribution in [2.75, 3.05) is 25.0 Å². The van der Waals surface area contributed by atoms with Crippen molar-refractivity contribution < 1.29 is 0 Å². The number of hydrogen-bond donors (Lipinski definition) is 2. The zero-order chi connectivity index (χ0) is 10.2. The fourth-order valence-corrected chi connectivity index (χ4v) is 1.01. The number of nitrogens with one attached hydrogen (secondary N) is 2. The topological polar surface area (TPSA) is 41.3 Å². The van der Waals surface area contributed by atoms with Gasteiger partial charge in [-0.25, -0.2) is 4.85 Å². The SMILES string of the molecule is [C-]#[N+]c1ccc(NCCNCC)nc1. The number of rotatable bonds is 5. The summed E-state index contributed by atoms with van der Waals surface area (Å²) in [5, 5.41) is 6.36. The van der Waals surface area contributed by atoms with E-state index < -0.39 is 0 Å². The molecule has 4 nitrogen and oxygen atoms in total. The Hall–Kier alpha value is -1.60. The molecule has 4 heteroatoms. The van der Waals surface area contributed by atoms with Crippen LogP contribution >= 0.6 is 0 Å². The van der Waals surface area contributed by atoms with E-state index in [1.807, 2.05) is 6.07 Å². The number of likely N-dealkylation sites (N-methyl/N-ethyl adjacent to an activating group) is 1. The molecular formula is C10H14N4. The van der Waals surface area contributed by atoms with Crippen LogP contribution < -0.4 is 10.6 Å². The van der Waals surface area contributed by atoms with Crippen molar-refractivity contribution in [3.8, 4) is 0 Å². The molecule has 0 aliphatic rings. The number of nitrogens with zero attached hydrogens (tertiary/aromatic N) is 2. The minimum Gasteiger partial charge on any atom is -0.369 e. The molecule has 0 aromatic carbocycles. The van der Waals surface area contributed by atoms with E-state index in [2.05, 4.69) is 27.4 Å². The number of aromatic nitrogens is 1. The number of hydrogen-bond acceptors (Lipinski definition) is 3. The molecule has 0 saturated carbocycles. The lowest BCUT2D eigenvalue weighted by Gasteiger charge is -2.05. The van der Waals surface area contributed by atoms with Crippen molar-refractivity contribution >= 4 is 11.5 Å². The van der Waals surface area contributed by atoms with Crippen molar-refractivity contribution in [3.05, 3.63) is 29.7 Å². The summed E-state index contributed by atoms with van der Waals surface area (Å²) in [6.07, 6.45) is 1.57. The highest BCUT2D eigenvalue weighted by Gasteiger charge is 1.93. The molecule has 1 heterocycles. The highest BCUT2D eigenvalue weighted by Crippen LogP contribution is 2.11. The third-order valence-corrected chi connectivity index (χ3v) is 1.73. The molecule has 0 bridgehead atoms. The van der Waals surface area contributed by atoms with Crippen LogP contribution in [0.5, 0.6) is 0 Å². The Morgan fingerprint density at radius 1 is 1.43 bits per heavy atom. The molecule has 1 rings (SSSR count). The van der Waals surface area contributed by atoms with E-state index in [1.54, 1.807) is 12.3 Å². The lowest BCUT2D eigenvalue weighted by Crippen LogP contribution is -2.21. The predicted molar refractivity (Wildman–Crippen MR) is 57.5 cm³/mol. The summed E-state index contributed by atoms with van der Waals surface area (Å²) in [5.41, 5.74) is 0.572. The Labute approximate surface area is 84.2 Å². The molecule has 0 radical (unpaired) electrons. The van der Waals surface area contributed by atoms with E-state index in [0.29, 0.717) is 5.69 Å². The van der Waals surface area contributed by atoms with Gasteiger partial charge in [-0.3, -0.25) is 4.98 Å². The summed E-state index contributed by atoms with van der Waals surface area (Å²) in [6.45, 7) is 11.6. The molecule has 0 fully saturated rings. The molecule has 0 spiro atoms. The lowest BCUT2D eigenvalue weighted by molar-refractivity contribution is 0.738. The molecule has 0 aliphatic carbocycles. The van der Waals surface area contributed by atoms with Crippen LogP contribution in [0.25, 0.3) is 4.85 Å². The second-order valence-electron chi connectivity index (χ2n) is 2.79. The molecule has 0 atom stereocenters. The third-order valence-electron chi connectivity index (χ3n) is 1.73. The Balaban J connectivity index is 2.33. The van der Waals surface area contributed by atoms with Crippen LogP contribution in [0, 0.1) is 6.57 Å². The fourth-order valence-electron chi connectivity index (χ4n) is 1.01. The molecule has 0 amide bonds. The van der Waals surface area contributed by atoms with Gasteiger partial charge in [0.2, 0.25) is 5.69 Å². The third kappa shape index (κ3) is 3.42. The quantitative estimate of drug-likeness (QED) is 0.548. The normalized spacial score (nSPS) is 9.43. The first-order valence-electron chi connectivity index (χ1n) is 4.65. The molecule has 14 heavy (non-hydrogen) atoms. The largest absolute Gasteiger partial charge is 0.369 e. The average Bonchev–Trinajstić information content (AvgIpc) is 2.25. The van der Waals surface area contributed by atoms with Crippen LogP contribution in [0.1, 0.15) is 6.92 Å². The zero-order valence-corrected chi connectivity index (χ0v) is 8.25. The van der Waals surface area contributed by atoms with E-state index >= 15 is 0 Å². The molecule has 0 unspecified atom stereocenters. The van der Waals surface area contributed by atoms with Gasteiger partial charge in [0.15, 0.2) is 0 Å². The minimum absolute atomic E-state index is 0.572. The van der Waals surface area contributed by atoms with Crippen molar-refractivity contribution in [2.24, 2.45) is 0 Å². The Morgan fingerprint density at radius 2 is 2.29 bits per heavy atom. The maximum absolute atomic E-state index is 6.76. The molecule has 2 N–H and O–H groups in total. The maximum atomic E-state index is 6.76. The predicted octanol–water partition coefficient (Wildman–Crippen LogP) is 1.65. The highest BCUT2D eigenvalue weighted by molar-refractivity contribution is 5.47. The van der Waals surface area contributed by atoms with Gasteiger partial charge in [-0.1, -0.05) is 13.0 Å². The first-order chi connectivity index (χ1) is 6.86. The van der Waals surface area contributed by atoms with Gasteiger partial charge in [0, 0.05) is 19.3 Å². The lowest BCUT2D eigenvalue weighted by atomic mass is 10.4. The van der Waals surface area contributed by atoms with Crippen molar-refractivity contribution in [2.45, 2.75) is 6.92 Å². The molecular weight excluding hydrogens is 176 g/mol. The molecule has 0 aliphatic heterocycles. The van der Waals surface area contributed by atoms with Gasteiger partial charge in [-0.2, -0.15) is 0 Å². The summed E-state index contributed by atoms with van der Waals surface area (Å²) in [7, 11) is 0. The van der Waals surface area contributed by atoms with Crippen molar-refractivity contribution in [3.63, 3.8) is 0 Å². The summed E-state index contributed by atoms with van der Waals surface area (Å²) in [4.78, 5) is 7.36. The van der Waals surface area contributed by atoms with E-state index in [-0.39, 0.29) is 0 Å². The Morgan fingerprint density at radius 3 is 2.86 bits per heavy atom. The molecule has 1 aromatic heterocycles. The van der Waals surface area contributed by atoms with Crippen LogP contribution in [0.15, 0.2) is 18.3 Å². The van der Waals surface area contributed by atoms with Gasteiger partial charge < -0.3 is 10.6 Å². The molecule has 74 valence electrons. The average molecular weight is 190 g/mol. The summed E-state index contributed by atoms with van der Waals surface area (Å²) < 4.78 is 0. The monoisotopic (exact) mass is 190 g/mol. The van der Waals surface area contributed by atoms with E-state index in [4.69, 9.17) is 6.57 Å². The first-order valence-corrected chi connectivity index (χ1v) is 4.65. The van der Waals surface area contributed by atoms with Gasteiger partial charge in [0.25, 0.3) is 0 Å². The van der Waals surface area contributed by atoms with Gasteiger partial charge in [-0.05, 0) is 12.6 Å². The zero-order valence-electron chi connectivity index (χ0n) is 8.25. The Bertz CT molecular complexity index is 299. The summed E-state index contributed by atoms with van der Waals surface area (Å²) in [5.74, 6) is 0.815. The van der Waals surface area contributed by atoms with Crippen LogP contribution in [0.3, 0.4) is 0 Å².